The molecule has 90 valence electrons. The molecule has 0 radical (unpaired) electrons. The quantitative estimate of drug-likeness (QED) is 0.690. The predicted molar refractivity (Wildman–Crippen MR) is 70.5 cm³/mol. The summed E-state index contributed by atoms with van der Waals surface area (Å²) in [5.74, 6) is 2.45. The molecule has 0 aromatic heterocycles. The molecule has 1 N–H and O–H groups in total. The molecule has 0 aromatic carbocycles. The monoisotopic (exact) mass is 230 g/mol. The van der Waals surface area contributed by atoms with Crippen LogP contribution < -0.4 is 5.32 Å². The van der Waals surface area contributed by atoms with E-state index >= 15 is 0 Å². The molecule has 0 amide bonds. The van der Waals surface area contributed by atoms with Gasteiger partial charge in [0.1, 0.15) is 0 Å². The van der Waals surface area contributed by atoms with Crippen LogP contribution in [0.4, 0.5) is 0 Å². The molecular formula is C12H26N2S. The molecule has 3 heteroatoms. The molecule has 2 nitrogen and oxygen atoms in total. The lowest BCUT2D eigenvalue weighted by Gasteiger charge is -2.25. The molecular weight excluding hydrogens is 204 g/mol. The summed E-state index contributed by atoms with van der Waals surface area (Å²) >= 11 is 2.03. The van der Waals surface area contributed by atoms with Crippen LogP contribution in [0.15, 0.2) is 0 Å². The zero-order chi connectivity index (χ0) is 10.9. The Morgan fingerprint density at radius 1 is 1.20 bits per heavy atom. The van der Waals surface area contributed by atoms with Crippen molar-refractivity contribution in [2.45, 2.75) is 45.6 Å². The molecule has 1 saturated heterocycles. The van der Waals surface area contributed by atoms with Gasteiger partial charge in [-0.05, 0) is 25.9 Å². The Hall–Kier alpha value is 0.270. The number of hydrogen-bond donors (Lipinski definition) is 1. The van der Waals surface area contributed by atoms with Crippen molar-refractivity contribution in [3.63, 3.8) is 0 Å². The Morgan fingerprint density at radius 3 is 2.33 bits per heavy atom. The smallest absolute Gasteiger partial charge is 0.0421 e. The van der Waals surface area contributed by atoms with Crippen molar-refractivity contribution in [2.24, 2.45) is 0 Å². The van der Waals surface area contributed by atoms with Crippen molar-refractivity contribution >= 4 is 11.8 Å². The number of rotatable bonds is 8. The van der Waals surface area contributed by atoms with E-state index in [4.69, 9.17) is 0 Å². The highest BCUT2D eigenvalue weighted by atomic mass is 32.2. The van der Waals surface area contributed by atoms with Crippen LogP contribution >= 0.6 is 11.8 Å². The van der Waals surface area contributed by atoms with Crippen LogP contribution in [0.3, 0.4) is 0 Å². The largest absolute Gasteiger partial charge is 0.303 e. The Bertz CT molecular complexity index is 139. The first kappa shape index (κ1) is 13.3. The highest BCUT2D eigenvalue weighted by Crippen LogP contribution is 2.11. The van der Waals surface area contributed by atoms with Crippen molar-refractivity contribution < 1.29 is 0 Å². The first-order chi connectivity index (χ1) is 7.36. The molecule has 1 atom stereocenters. The van der Waals surface area contributed by atoms with Crippen LogP contribution in [0.1, 0.15) is 39.5 Å². The third-order valence-electron chi connectivity index (χ3n) is 2.93. The predicted octanol–water partition coefficient (Wildman–Crippen LogP) is 2.55. The van der Waals surface area contributed by atoms with Crippen molar-refractivity contribution in [1.29, 1.82) is 0 Å². The first-order valence-electron chi connectivity index (χ1n) is 6.40. The molecule has 0 spiro atoms. The summed E-state index contributed by atoms with van der Waals surface area (Å²) in [6.07, 6.45) is 5.33. The molecule has 0 aromatic rings. The average molecular weight is 230 g/mol. The van der Waals surface area contributed by atoms with Crippen LogP contribution in [0, 0.1) is 0 Å². The highest BCUT2D eigenvalue weighted by Gasteiger charge is 2.17. The lowest BCUT2D eigenvalue weighted by atomic mass is 10.2. The van der Waals surface area contributed by atoms with Gasteiger partial charge in [0.15, 0.2) is 0 Å². The number of thioether (sulfide) groups is 1. The summed E-state index contributed by atoms with van der Waals surface area (Å²) in [6, 6.07) is 0.740. The van der Waals surface area contributed by atoms with Gasteiger partial charge in [-0.25, -0.2) is 0 Å². The summed E-state index contributed by atoms with van der Waals surface area (Å²) in [7, 11) is 0. The summed E-state index contributed by atoms with van der Waals surface area (Å²) in [4.78, 5) is 2.65. The van der Waals surface area contributed by atoms with E-state index in [-0.39, 0.29) is 0 Å². The fraction of sp³-hybridized carbons (Fsp3) is 1.00. The fourth-order valence-electron chi connectivity index (χ4n) is 1.92. The van der Waals surface area contributed by atoms with Gasteiger partial charge in [0.05, 0.1) is 0 Å². The molecule has 1 unspecified atom stereocenters. The third-order valence-corrected chi connectivity index (χ3v) is 3.94. The standard InChI is InChI=1S/C12H26N2S/c1-3-5-7-14(8-6-4-2)9-12-10-15-11-13-12/h12-13H,3-11H2,1-2H3. The van der Waals surface area contributed by atoms with E-state index in [2.05, 4.69) is 24.1 Å². The van der Waals surface area contributed by atoms with Crippen molar-refractivity contribution in [1.82, 2.24) is 10.2 Å². The van der Waals surface area contributed by atoms with Crippen LogP contribution in [0.25, 0.3) is 0 Å². The summed E-state index contributed by atoms with van der Waals surface area (Å²) in [5.41, 5.74) is 0. The minimum atomic E-state index is 0.740. The minimum absolute atomic E-state index is 0.740. The third kappa shape index (κ3) is 5.79. The lowest BCUT2D eigenvalue weighted by molar-refractivity contribution is 0.246. The maximum Gasteiger partial charge on any atom is 0.0421 e. The molecule has 1 heterocycles. The lowest BCUT2D eigenvalue weighted by Crippen LogP contribution is -2.39. The van der Waals surface area contributed by atoms with E-state index in [0.29, 0.717) is 0 Å². The van der Waals surface area contributed by atoms with Crippen molar-refractivity contribution in [3.8, 4) is 0 Å². The normalized spacial score (nSPS) is 21.4. The van der Waals surface area contributed by atoms with Crippen LogP contribution in [-0.4, -0.2) is 42.2 Å². The molecule has 0 bridgehead atoms. The van der Waals surface area contributed by atoms with Gasteiger partial charge in [0.2, 0.25) is 0 Å². The number of unbranched alkanes of at least 4 members (excludes halogenated alkanes) is 2. The molecule has 15 heavy (non-hydrogen) atoms. The maximum atomic E-state index is 3.56. The second-order valence-electron chi connectivity index (χ2n) is 4.42. The first-order valence-corrected chi connectivity index (χ1v) is 7.55. The van der Waals surface area contributed by atoms with Crippen LogP contribution in [0.5, 0.6) is 0 Å². The molecule has 0 aliphatic carbocycles. The Balaban J connectivity index is 2.19. The molecule has 0 saturated carbocycles. The van der Waals surface area contributed by atoms with E-state index < -0.39 is 0 Å². The van der Waals surface area contributed by atoms with Crippen LogP contribution in [-0.2, 0) is 0 Å². The van der Waals surface area contributed by atoms with Gasteiger partial charge in [-0.3, -0.25) is 0 Å². The Kier molecular flexibility index (Phi) is 7.49. The minimum Gasteiger partial charge on any atom is -0.303 e. The van der Waals surface area contributed by atoms with Crippen LogP contribution in [0.2, 0.25) is 0 Å². The van der Waals surface area contributed by atoms with Gasteiger partial charge in [0.25, 0.3) is 0 Å². The van der Waals surface area contributed by atoms with Gasteiger partial charge < -0.3 is 10.2 Å². The molecule has 1 fully saturated rings. The molecule has 1 aliphatic rings. The second kappa shape index (κ2) is 8.43. The second-order valence-corrected chi connectivity index (χ2v) is 5.45. The SMILES string of the molecule is CCCCN(CCCC)CC1CSCN1. The van der Waals surface area contributed by atoms with Gasteiger partial charge in [-0.15, -0.1) is 11.8 Å². The van der Waals surface area contributed by atoms with E-state index in [9.17, 15) is 0 Å². The van der Waals surface area contributed by atoms with Crippen molar-refractivity contribution in [2.75, 3.05) is 31.3 Å². The van der Waals surface area contributed by atoms with E-state index in [1.165, 1.54) is 51.1 Å². The van der Waals surface area contributed by atoms with Crippen molar-refractivity contribution in [3.05, 3.63) is 0 Å². The summed E-state index contributed by atoms with van der Waals surface area (Å²) in [6.45, 7) is 8.40. The highest BCUT2D eigenvalue weighted by molar-refractivity contribution is 7.99. The number of hydrogen-bond acceptors (Lipinski definition) is 3. The van der Waals surface area contributed by atoms with Gasteiger partial charge in [0, 0.05) is 24.2 Å². The average Bonchev–Trinajstić information content (AvgIpc) is 2.74. The van der Waals surface area contributed by atoms with E-state index in [1.54, 1.807) is 0 Å². The van der Waals surface area contributed by atoms with Gasteiger partial charge in [-0.2, -0.15) is 0 Å². The Morgan fingerprint density at radius 2 is 1.87 bits per heavy atom. The molecule has 1 rings (SSSR count). The fourth-order valence-corrected chi connectivity index (χ4v) is 2.90. The zero-order valence-corrected chi connectivity index (χ0v) is 11.1. The molecule has 1 aliphatic heterocycles. The van der Waals surface area contributed by atoms with Gasteiger partial charge >= 0.3 is 0 Å². The summed E-state index contributed by atoms with van der Waals surface area (Å²) in [5, 5.41) is 3.56. The number of nitrogens with one attached hydrogen (secondary N) is 1. The van der Waals surface area contributed by atoms with E-state index in [1.807, 2.05) is 11.8 Å². The van der Waals surface area contributed by atoms with Gasteiger partial charge in [-0.1, -0.05) is 26.7 Å². The Labute approximate surface area is 99.2 Å². The maximum absolute atomic E-state index is 3.56. The topological polar surface area (TPSA) is 15.3 Å². The van der Waals surface area contributed by atoms with E-state index in [0.717, 1.165) is 11.9 Å². The zero-order valence-electron chi connectivity index (χ0n) is 10.3. The summed E-state index contributed by atoms with van der Waals surface area (Å²) < 4.78 is 0. The number of nitrogens with zero attached hydrogens (tertiary/aromatic N) is 1.